The SMILES string of the molecule is C=C.CCl.CNc1cnc2[nH]c(C(=O)N3CCc4c3cc(O)c3ccccc43)cc2c1.Nc1ccc(C=O)cc1. The van der Waals surface area contributed by atoms with Gasteiger partial charge in [-0.3, -0.25) is 9.59 Å². The second-order valence-electron chi connectivity index (χ2n) is 8.53. The van der Waals surface area contributed by atoms with Gasteiger partial charge >= 0.3 is 0 Å². The number of nitrogen functional groups attached to an aromatic ring is 1. The zero-order valence-electron chi connectivity index (χ0n) is 22.4. The molecule has 8 nitrogen and oxygen atoms in total. The summed E-state index contributed by atoms with van der Waals surface area (Å²) in [5.41, 5.74) is 10.6. The number of fused-ring (bicyclic) bond motifs is 4. The first-order valence-electron chi connectivity index (χ1n) is 12.4. The molecule has 0 radical (unpaired) electrons. The van der Waals surface area contributed by atoms with Gasteiger partial charge in [-0.05, 0) is 53.8 Å². The number of carbonyl (C=O) groups excluding carboxylic acids is 2. The van der Waals surface area contributed by atoms with Crippen LogP contribution in [0.15, 0.2) is 86.1 Å². The monoisotopic (exact) mass is 557 g/mol. The zero-order valence-corrected chi connectivity index (χ0v) is 23.2. The van der Waals surface area contributed by atoms with Gasteiger partial charge in [-0.25, -0.2) is 4.98 Å². The van der Waals surface area contributed by atoms with Crippen LogP contribution in [0, 0.1) is 0 Å². The van der Waals surface area contributed by atoms with E-state index >= 15 is 0 Å². The number of aldehydes is 1. The number of hydrogen-bond donors (Lipinski definition) is 4. The van der Waals surface area contributed by atoms with Crippen molar-refractivity contribution in [1.29, 1.82) is 0 Å². The second-order valence-corrected chi connectivity index (χ2v) is 8.53. The number of pyridine rings is 1. The number of aromatic hydroxyl groups is 1. The normalized spacial score (nSPS) is 11.2. The van der Waals surface area contributed by atoms with Crippen LogP contribution in [0.4, 0.5) is 17.1 Å². The Morgan fingerprint density at radius 3 is 2.42 bits per heavy atom. The number of nitrogens with zero attached hydrogens (tertiary/aromatic N) is 2. The number of carbonyl (C=O) groups is 2. The number of amides is 1. The molecule has 206 valence electrons. The van der Waals surface area contributed by atoms with Gasteiger partial charge in [-0.1, -0.05) is 24.3 Å². The van der Waals surface area contributed by atoms with Crippen molar-refractivity contribution in [3.8, 4) is 5.75 Å². The number of phenolic OH excluding ortho intramolecular Hbond substituents is 1. The number of aromatic nitrogens is 2. The first kappa shape index (κ1) is 29.7. The Morgan fingerprint density at radius 1 is 1.10 bits per heavy atom. The molecule has 1 aliphatic rings. The van der Waals surface area contributed by atoms with Gasteiger partial charge in [0.2, 0.25) is 0 Å². The van der Waals surface area contributed by atoms with Crippen LogP contribution >= 0.6 is 11.6 Å². The third kappa shape index (κ3) is 6.24. The summed E-state index contributed by atoms with van der Waals surface area (Å²) in [6, 6.07) is 20.0. The van der Waals surface area contributed by atoms with Crippen LogP contribution in [0.25, 0.3) is 21.8 Å². The largest absolute Gasteiger partial charge is 0.507 e. The number of hydrogen-bond acceptors (Lipinski definition) is 6. The van der Waals surface area contributed by atoms with Gasteiger partial charge in [0.25, 0.3) is 5.91 Å². The van der Waals surface area contributed by atoms with Gasteiger partial charge < -0.3 is 26.0 Å². The fourth-order valence-corrected chi connectivity index (χ4v) is 4.45. The van der Waals surface area contributed by atoms with Crippen molar-refractivity contribution in [3.63, 3.8) is 0 Å². The van der Waals surface area contributed by atoms with E-state index in [-0.39, 0.29) is 11.7 Å². The maximum Gasteiger partial charge on any atom is 0.274 e. The third-order valence-corrected chi connectivity index (χ3v) is 6.29. The van der Waals surface area contributed by atoms with Crippen molar-refractivity contribution in [2.75, 3.05) is 35.9 Å². The van der Waals surface area contributed by atoms with Crippen LogP contribution in [-0.4, -0.2) is 47.2 Å². The summed E-state index contributed by atoms with van der Waals surface area (Å²) in [5, 5.41) is 16.2. The van der Waals surface area contributed by atoms with Crippen LogP contribution in [0.2, 0.25) is 0 Å². The smallest absolute Gasteiger partial charge is 0.274 e. The van der Waals surface area contributed by atoms with Crippen LogP contribution in [-0.2, 0) is 6.42 Å². The summed E-state index contributed by atoms with van der Waals surface area (Å²) in [6.07, 6.45) is 4.76. The molecule has 2 aromatic heterocycles. The Labute approximate surface area is 238 Å². The van der Waals surface area contributed by atoms with Crippen LogP contribution in [0.1, 0.15) is 26.4 Å². The first-order valence-corrected chi connectivity index (χ1v) is 13.1. The standard InChI is InChI=1S/C21H18N4O2.C7H7NO.C2H4.CH3Cl/c1-22-13-8-12-9-17(24-20(12)23-11-13)21(27)25-7-6-15-14-4-2-3-5-16(14)19(26)10-18(15)25;8-7-3-1-6(5-9)2-4-7;2*1-2/h2-5,8-11,22,26H,6-7H2,1H3,(H,23,24);1-5H,8H2;1-2H2;1H3. The fraction of sp³-hybridized carbons (Fsp3) is 0.129. The Hall–Kier alpha value is -4.82. The van der Waals surface area contributed by atoms with Crippen LogP contribution in [0.3, 0.4) is 0 Å². The average Bonchev–Trinajstić information content (AvgIpc) is 3.64. The molecular weight excluding hydrogens is 526 g/mol. The maximum absolute atomic E-state index is 13.2. The van der Waals surface area contributed by atoms with Gasteiger partial charge in [0, 0.05) is 48.1 Å². The second kappa shape index (κ2) is 13.8. The van der Waals surface area contributed by atoms with Gasteiger partial charge in [0.1, 0.15) is 23.4 Å². The molecule has 1 amide bonds. The number of H-pyrrole nitrogens is 1. The highest BCUT2D eigenvalue weighted by atomic mass is 35.5. The highest BCUT2D eigenvalue weighted by Gasteiger charge is 2.29. The first-order chi connectivity index (χ1) is 19.5. The highest BCUT2D eigenvalue weighted by molar-refractivity contribution is 6.15. The Morgan fingerprint density at radius 2 is 1.77 bits per heavy atom. The fourth-order valence-electron chi connectivity index (χ4n) is 4.45. The Balaban J connectivity index is 0.000000286. The molecule has 1 aliphatic heterocycles. The van der Waals surface area contributed by atoms with Crippen LogP contribution in [0.5, 0.6) is 5.75 Å². The number of aromatic amines is 1. The lowest BCUT2D eigenvalue weighted by atomic mass is 10.0. The minimum absolute atomic E-state index is 0.118. The van der Waals surface area contributed by atoms with Gasteiger partial charge in [-0.15, -0.1) is 24.8 Å². The summed E-state index contributed by atoms with van der Waals surface area (Å²) in [6.45, 7) is 6.59. The lowest BCUT2D eigenvalue weighted by molar-refractivity contribution is 0.0985. The minimum Gasteiger partial charge on any atom is -0.507 e. The molecule has 6 rings (SSSR count). The number of nitrogens with one attached hydrogen (secondary N) is 2. The number of halogens is 1. The van der Waals surface area contributed by atoms with E-state index in [9.17, 15) is 14.7 Å². The predicted molar refractivity (Wildman–Crippen MR) is 166 cm³/mol. The molecule has 0 bridgehead atoms. The summed E-state index contributed by atoms with van der Waals surface area (Å²) >= 11 is 4.64. The van der Waals surface area contributed by atoms with E-state index in [2.05, 4.69) is 40.0 Å². The Bertz CT molecular complexity index is 1620. The molecule has 0 unspecified atom stereocenters. The molecule has 0 fully saturated rings. The molecule has 0 aliphatic carbocycles. The number of nitrogens with two attached hydrogens (primary N) is 1. The van der Waals surface area contributed by atoms with Crippen molar-refractivity contribution < 1.29 is 14.7 Å². The number of rotatable bonds is 3. The van der Waals surface area contributed by atoms with Crippen molar-refractivity contribution >= 4 is 62.7 Å². The molecule has 0 atom stereocenters. The van der Waals surface area contributed by atoms with E-state index in [1.807, 2.05) is 43.4 Å². The molecule has 0 saturated carbocycles. The summed E-state index contributed by atoms with van der Waals surface area (Å²) in [4.78, 5) is 32.4. The number of alkyl halides is 1. The lowest BCUT2D eigenvalue weighted by Gasteiger charge is -2.17. The van der Waals surface area contributed by atoms with Gasteiger partial charge in [0.05, 0.1) is 17.6 Å². The van der Waals surface area contributed by atoms with E-state index in [0.29, 0.717) is 29.1 Å². The lowest BCUT2D eigenvalue weighted by Crippen LogP contribution is -2.29. The van der Waals surface area contributed by atoms with E-state index < -0.39 is 0 Å². The molecule has 5 N–H and O–H groups in total. The third-order valence-electron chi connectivity index (χ3n) is 6.29. The average molecular weight is 558 g/mol. The van der Waals surface area contributed by atoms with Crippen molar-refractivity contribution in [2.24, 2.45) is 0 Å². The van der Waals surface area contributed by atoms with Gasteiger partial charge in [0.15, 0.2) is 0 Å². The van der Waals surface area contributed by atoms with Crippen molar-refractivity contribution in [3.05, 3.63) is 103 Å². The zero-order chi connectivity index (χ0) is 29.2. The quantitative estimate of drug-likeness (QED) is 0.0879. The van der Waals surface area contributed by atoms with Crippen molar-refractivity contribution in [1.82, 2.24) is 9.97 Å². The number of benzene rings is 3. The molecule has 40 heavy (non-hydrogen) atoms. The summed E-state index contributed by atoms with van der Waals surface area (Å²) in [5.74, 6) is 0.0773. The summed E-state index contributed by atoms with van der Waals surface area (Å²) in [7, 11) is 1.83. The summed E-state index contributed by atoms with van der Waals surface area (Å²) < 4.78 is 0. The maximum atomic E-state index is 13.2. The molecule has 3 heterocycles. The van der Waals surface area contributed by atoms with E-state index in [1.54, 1.807) is 41.4 Å². The molecular formula is C31H32ClN5O3. The molecule has 5 aromatic rings. The van der Waals surface area contributed by atoms with Crippen molar-refractivity contribution in [2.45, 2.75) is 6.42 Å². The molecule has 3 aromatic carbocycles. The molecule has 9 heteroatoms. The van der Waals surface area contributed by atoms with E-state index in [4.69, 9.17) is 5.73 Å². The Kier molecular flexibility index (Phi) is 10.3. The minimum atomic E-state index is -0.118. The highest BCUT2D eigenvalue weighted by Crippen LogP contribution is 2.40. The number of anilines is 3. The van der Waals surface area contributed by atoms with E-state index in [1.165, 1.54) is 6.38 Å². The van der Waals surface area contributed by atoms with E-state index in [0.717, 1.165) is 45.8 Å². The molecule has 0 saturated heterocycles. The number of phenols is 1. The van der Waals surface area contributed by atoms with Crippen LogP contribution < -0.4 is 16.0 Å². The molecule has 0 spiro atoms. The predicted octanol–water partition coefficient (Wildman–Crippen LogP) is 6.40. The van der Waals surface area contributed by atoms with Gasteiger partial charge in [-0.2, -0.15) is 0 Å². The topological polar surface area (TPSA) is 124 Å².